The summed E-state index contributed by atoms with van der Waals surface area (Å²) in [7, 11) is 1.44. The average Bonchev–Trinajstić information content (AvgIpc) is 3.47. The maximum atomic E-state index is 13.6. The number of alkyl halides is 3. The topological polar surface area (TPSA) is 68.2 Å². The summed E-state index contributed by atoms with van der Waals surface area (Å²) < 4.78 is 40.8. The third kappa shape index (κ3) is 4.70. The molecule has 0 aromatic heterocycles. The number of benzene rings is 1. The normalized spacial score (nSPS) is 20.5. The molecule has 1 atom stereocenters. The summed E-state index contributed by atoms with van der Waals surface area (Å²) in [5, 5.41) is 13.0. The van der Waals surface area contributed by atoms with Gasteiger partial charge in [0.15, 0.2) is 5.96 Å². The molecule has 6 nitrogen and oxygen atoms in total. The Hall–Kier alpha value is -1.56. The summed E-state index contributed by atoms with van der Waals surface area (Å²) in [4.78, 5) is 19.7. The van der Waals surface area contributed by atoms with Gasteiger partial charge in [-0.05, 0) is 18.4 Å². The highest BCUT2D eigenvalue weighted by Crippen LogP contribution is 2.38. The van der Waals surface area contributed by atoms with Crippen molar-refractivity contribution in [2.24, 2.45) is 4.99 Å². The van der Waals surface area contributed by atoms with E-state index in [1.54, 1.807) is 11.0 Å². The zero-order valence-corrected chi connectivity index (χ0v) is 17.8. The van der Waals surface area contributed by atoms with Crippen LogP contribution in [0.5, 0.6) is 0 Å². The molecule has 0 spiro atoms. The summed E-state index contributed by atoms with van der Waals surface area (Å²) in [5.74, 6) is 0.109. The zero-order valence-electron chi connectivity index (χ0n) is 15.4. The number of aliphatic imine (C=N–C) groups is 1. The minimum atomic E-state index is -4.87. The van der Waals surface area contributed by atoms with Crippen LogP contribution in [0.1, 0.15) is 18.4 Å². The van der Waals surface area contributed by atoms with Gasteiger partial charge < -0.3 is 20.2 Å². The van der Waals surface area contributed by atoms with Gasteiger partial charge in [-0.1, -0.05) is 30.3 Å². The van der Waals surface area contributed by atoms with Crippen molar-refractivity contribution in [1.82, 2.24) is 15.1 Å². The Labute approximate surface area is 178 Å². The van der Waals surface area contributed by atoms with Crippen LogP contribution in [0.25, 0.3) is 0 Å². The molecule has 28 heavy (non-hydrogen) atoms. The first kappa shape index (κ1) is 22.7. The number of hydrogen-bond acceptors (Lipinski definition) is 3. The van der Waals surface area contributed by atoms with Crippen LogP contribution in [0.15, 0.2) is 35.3 Å². The number of piperazine rings is 1. The van der Waals surface area contributed by atoms with E-state index in [9.17, 15) is 23.1 Å². The Balaban J connectivity index is 0.00000280. The minimum Gasteiger partial charge on any atom is -0.375 e. The lowest BCUT2D eigenvalue weighted by atomic mass is 9.93. The fourth-order valence-corrected chi connectivity index (χ4v) is 3.26. The molecule has 1 amide bonds. The van der Waals surface area contributed by atoms with Crippen LogP contribution >= 0.6 is 24.0 Å². The predicted octanol–water partition coefficient (Wildman–Crippen LogP) is 1.94. The molecule has 0 bridgehead atoms. The molecule has 3 rings (SSSR count). The van der Waals surface area contributed by atoms with Crippen LogP contribution in [0, 0.1) is 0 Å². The van der Waals surface area contributed by atoms with Crippen LogP contribution in [-0.2, 0) is 10.4 Å². The summed E-state index contributed by atoms with van der Waals surface area (Å²) in [6, 6.07) is 7.24. The molecule has 2 N–H and O–H groups in total. The first-order valence-electron chi connectivity index (χ1n) is 8.86. The molecule has 1 heterocycles. The molecule has 1 saturated heterocycles. The van der Waals surface area contributed by atoms with E-state index in [-0.39, 0.29) is 48.0 Å². The highest BCUT2D eigenvalue weighted by atomic mass is 127. The molecular formula is C18H24F3IN4O2. The lowest BCUT2D eigenvalue weighted by Crippen LogP contribution is -2.58. The van der Waals surface area contributed by atoms with Gasteiger partial charge in [-0.25, -0.2) is 0 Å². The van der Waals surface area contributed by atoms with Crippen molar-refractivity contribution < 1.29 is 23.1 Å². The van der Waals surface area contributed by atoms with Gasteiger partial charge >= 0.3 is 6.18 Å². The van der Waals surface area contributed by atoms with E-state index >= 15 is 0 Å². The number of rotatable bonds is 4. The summed E-state index contributed by atoms with van der Waals surface area (Å²) in [6.07, 6.45) is -2.86. The summed E-state index contributed by atoms with van der Waals surface area (Å²) in [5.41, 5.74) is -3.32. The van der Waals surface area contributed by atoms with Crippen LogP contribution < -0.4 is 5.32 Å². The van der Waals surface area contributed by atoms with Crippen LogP contribution in [0.2, 0.25) is 0 Å². The molecule has 1 unspecified atom stereocenters. The second-order valence-electron chi connectivity index (χ2n) is 6.86. The van der Waals surface area contributed by atoms with E-state index in [2.05, 4.69) is 10.3 Å². The molecule has 1 saturated carbocycles. The Kier molecular flexibility index (Phi) is 7.18. The highest BCUT2D eigenvalue weighted by molar-refractivity contribution is 14.0. The second-order valence-corrected chi connectivity index (χ2v) is 6.86. The minimum absolute atomic E-state index is 0. The predicted molar refractivity (Wildman–Crippen MR) is 109 cm³/mol. The van der Waals surface area contributed by atoms with Crippen LogP contribution in [0.3, 0.4) is 0 Å². The van der Waals surface area contributed by atoms with E-state index in [0.29, 0.717) is 19.1 Å². The van der Waals surface area contributed by atoms with E-state index in [1.165, 1.54) is 31.3 Å². The molecule has 156 valence electrons. The molecule has 2 fully saturated rings. The molecule has 10 heteroatoms. The SMILES string of the molecule is CN=C(NCC(O)(c1ccccc1)C(F)(F)F)N1CCN(C2CC2)C(=O)C1.I. The van der Waals surface area contributed by atoms with Gasteiger partial charge in [0.05, 0.1) is 13.1 Å². The van der Waals surface area contributed by atoms with Gasteiger partial charge in [0.1, 0.15) is 0 Å². The lowest BCUT2D eigenvalue weighted by molar-refractivity contribution is -0.263. The number of halogens is 4. The van der Waals surface area contributed by atoms with Gasteiger partial charge in [0.25, 0.3) is 0 Å². The summed E-state index contributed by atoms with van der Waals surface area (Å²) in [6.45, 7) is 0.264. The number of aliphatic hydroxyl groups is 1. The lowest BCUT2D eigenvalue weighted by Gasteiger charge is -2.37. The number of nitrogens with zero attached hydrogens (tertiary/aromatic N) is 3. The average molecular weight is 512 g/mol. The van der Waals surface area contributed by atoms with Gasteiger partial charge in [-0.3, -0.25) is 9.79 Å². The molecule has 1 aliphatic carbocycles. The number of carbonyl (C=O) groups excluding carboxylic acids is 1. The Bertz CT molecular complexity index is 713. The number of hydrogen-bond donors (Lipinski definition) is 2. The molecule has 1 aromatic rings. The van der Waals surface area contributed by atoms with Gasteiger partial charge in [-0.2, -0.15) is 13.2 Å². The quantitative estimate of drug-likeness (QED) is 0.368. The Morgan fingerprint density at radius 2 is 1.89 bits per heavy atom. The molecule has 0 radical (unpaired) electrons. The monoisotopic (exact) mass is 512 g/mol. The van der Waals surface area contributed by atoms with Crippen LogP contribution in [0.4, 0.5) is 13.2 Å². The van der Waals surface area contributed by atoms with E-state index in [1.807, 2.05) is 4.90 Å². The van der Waals surface area contributed by atoms with E-state index in [4.69, 9.17) is 0 Å². The first-order chi connectivity index (χ1) is 12.8. The van der Waals surface area contributed by atoms with Crippen molar-refractivity contribution in [2.45, 2.75) is 30.7 Å². The van der Waals surface area contributed by atoms with Crippen molar-refractivity contribution in [1.29, 1.82) is 0 Å². The largest absolute Gasteiger partial charge is 0.423 e. The van der Waals surface area contributed by atoms with Crippen molar-refractivity contribution in [3.8, 4) is 0 Å². The molecule has 1 aliphatic heterocycles. The third-order valence-corrected chi connectivity index (χ3v) is 4.98. The fourth-order valence-electron chi connectivity index (χ4n) is 3.26. The standard InChI is InChI=1S/C18H23F3N4O2.HI/c1-22-16(24-9-10-25(14-7-8-14)15(26)11-24)23-12-17(27,18(19,20)21)13-5-3-2-4-6-13;/h2-6,14,27H,7-12H2,1H3,(H,22,23);1H. The zero-order chi connectivity index (χ0) is 19.7. The van der Waals surface area contributed by atoms with Crippen molar-refractivity contribution in [3.05, 3.63) is 35.9 Å². The smallest absolute Gasteiger partial charge is 0.375 e. The number of amides is 1. The number of carbonyl (C=O) groups is 1. The second kappa shape index (κ2) is 8.85. The van der Waals surface area contributed by atoms with Crippen molar-refractivity contribution in [3.63, 3.8) is 0 Å². The van der Waals surface area contributed by atoms with E-state index in [0.717, 1.165) is 12.8 Å². The fraction of sp³-hybridized carbons (Fsp3) is 0.556. The maximum Gasteiger partial charge on any atom is 0.423 e. The summed E-state index contributed by atoms with van der Waals surface area (Å²) >= 11 is 0. The Morgan fingerprint density at radius 1 is 1.25 bits per heavy atom. The highest BCUT2D eigenvalue weighted by Gasteiger charge is 2.55. The van der Waals surface area contributed by atoms with Crippen LogP contribution in [-0.4, -0.2) is 72.2 Å². The van der Waals surface area contributed by atoms with Gasteiger partial charge in [0.2, 0.25) is 11.5 Å². The number of nitrogens with one attached hydrogen (secondary N) is 1. The molecular weight excluding hydrogens is 488 g/mol. The Morgan fingerprint density at radius 3 is 2.39 bits per heavy atom. The number of guanidine groups is 1. The van der Waals surface area contributed by atoms with Gasteiger partial charge in [-0.15, -0.1) is 24.0 Å². The third-order valence-electron chi connectivity index (χ3n) is 4.98. The maximum absolute atomic E-state index is 13.6. The molecule has 1 aromatic carbocycles. The van der Waals surface area contributed by atoms with Crippen molar-refractivity contribution >= 4 is 35.8 Å². The van der Waals surface area contributed by atoms with Crippen molar-refractivity contribution in [2.75, 3.05) is 33.2 Å². The first-order valence-corrected chi connectivity index (χ1v) is 8.86. The molecule has 2 aliphatic rings. The van der Waals surface area contributed by atoms with Gasteiger partial charge in [0, 0.05) is 26.2 Å². The van der Waals surface area contributed by atoms with E-state index < -0.39 is 18.3 Å².